The lowest BCUT2D eigenvalue weighted by atomic mass is 10.1. The molecule has 0 bridgehead atoms. The molecule has 2 aromatic heterocycles. The van der Waals surface area contributed by atoms with Crippen molar-refractivity contribution >= 4 is 11.5 Å². The van der Waals surface area contributed by atoms with Crippen LogP contribution in [-0.2, 0) is 0 Å². The van der Waals surface area contributed by atoms with Crippen molar-refractivity contribution < 1.29 is 0 Å². The Kier molecular flexibility index (Phi) is 5.50. The standard InChI is InChI=1S/C27H29N5/c1-20(2)19-30-14-16-31(17-15-30)25-18-24(22-10-6-4-7-11-22)28-27-26(21(3)29-32(25)27)23-12-8-5-9-13-23/h4-13,18H,1,14-17,19H2,2-3H3. The second kappa shape index (κ2) is 8.60. The third-order valence-corrected chi connectivity index (χ3v) is 6.07. The number of benzene rings is 2. The van der Waals surface area contributed by atoms with Crippen molar-refractivity contribution in [3.05, 3.63) is 84.6 Å². The van der Waals surface area contributed by atoms with Crippen molar-refractivity contribution in [1.82, 2.24) is 19.5 Å². The molecule has 0 N–H and O–H groups in total. The molecular weight excluding hydrogens is 394 g/mol. The summed E-state index contributed by atoms with van der Waals surface area (Å²) < 4.78 is 2.04. The molecule has 5 heteroatoms. The smallest absolute Gasteiger partial charge is 0.166 e. The summed E-state index contributed by atoms with van der Waals surface area (Å²) >= 11 is 0. The Hall–Kier alpha value is -3.44. The van der Waals surface area contributed by atoms with Gasteiger partial charge in [0.25, 0.3) is 0 Å². The lowest BCUT2D eigenvalue weighted by molar-refractivity contribution is 0.277. The topological polar surface area (TPSA) is 36.7 Å². The molecule has 3 heterocycles. The summed E-state index contributed by atoms with van der Waals surface area (Å²) in [5, 5.41) is 4.95. The summed E-state index contributed by atoms with van der Waals surface area (Å²) in [6.07, 6.45) is 0. The van der Waals surface area contributed by atoms with E-state index >= 15 is 0 Å². The van der Waals surface area contributed by atoms with E-state index in [1.54, 1.807) is 0 Å². The van der Waals surface area contributed by atoms with Gasteiger partial charge in [-0.3, -0.25) is 4.90 Å². The Bertz CT molecular complexity index is 1240. The minimum Gasteiger partial charge on any atom is -0.354 e. The van der Waals surface area contributed by atoms with Gasteiger partial charge in [0.2, 0.25) is 0 Å². The summed E-state index contributed by atoms with van der Waals surface area (Å²) in [6, 6.07) is 23.1. The monoisotopic (exact) mass is 423 g/mol. The first-order valence-corrected chi connectivity index (χ1v) is 11.2. The fourth-order valence-corrected chi connectivity index (χ4v) is 4.55. The molecule has 0 saturated carbocycles. The number of nitrogens with zero attached hydrogens (tertiary/aromatic N) is 5. The van der Waals surface area contributed by atoms with Gasteiger partial charge in [-0.15, -0.1) is 0 Å². The Morgan fingerprint density at radius 3 is 2.16 bits per heavy atom. The molecule has 5 nitrogen and oxygen atoms in total. The molecule has 0 spiro atoms. The van der Waals surface area contributed by atoms with Crippen molar-refractivity contribution in [2.45, 2.75) is 13.8 Å². The van der Waals surface area contributed by atoms with Gasteiger partial charge in [0.1, 0.15) is 5.82 Å². The van der Waals surface area contributed by atoms with Gasteiger partial charge in [-0.05, 0) is 19.4 Å². The van der Waals surface area contributed by atoms with Gasteiger partial charge in [0, 0.05) is 49.9 Å². The number of rotatable bonds is 5. The van der Waals surface area contributed by atoms with Gasteiger partial charge in [-0.2, -0.15) is 9.61 Å². The van der Waals surface area contributed by atoms with Gasteiger partial charge in [-0.1, -0.05) is 72.8 Å². The largest absolute Gasteiger partial charge is 0.354 e. The van der Waals surface area contributed by atoms with E-state index in [0.717, 1.165) is 72.3 Å². The zero-order valence-corrected chi connectivity index (χ0v) is 18.8. The van der Waals surface area contributed by atoms with Crippen LogP contribution in [0.15, 0.2) is 78.9 Å². The fraction of sp³-hybridized carbons (Fsp3) is 0.259. The van der Waals surface area contributed by atoms with E-state index in [4.69, 9.17) is 10.1 Å². The first-order chi connectivity index (χ1) is 15.6. The summed E-state index contributed by atoms with van der Waals surface area (Å²) in [5.74, 6) is 1.11. The van der Waals surface area contributed by atoms with Crippen LogP contribution in [0.5, 0.6) is 0 Å². The van der Waals surface area contributed by atoms with Crippen LogP contribution in [0.3, 0.4) is 0 Å². The minimum atomic E-state index is 0.911. The average molecular weight is 424 g/mol. The second-order valence-corrected chi connectivity index (χ2v) is 8.65. The summed E-state index contributed by atoms with van der Waals surface area (Å²) in [6.45, 7) is 13.2. The zero-order valence-electron chi connectivity index (χ0n) is 18.8. The lowest BCUT2D eigenvalue weighted by Gasteiger charge is -2.36. The van der Waals surface area contributed by atoms with Gasteiger partial charge >= 0.3 is 0 Å². The van der Waals surface area contributed by atoms with Crippen molar-refractivity contribution in [3.63, 3.8) is 0 Å². The lowest BCUT2D eigenvalue weighted by Crippen LogP contribution is -2.47. The molecule has 1 saturated heterocycles. The molecule has 2 aromatic carbocycles. The highest BCUT2D eigenvalue weighted by Crippen LogP contribution is 2.32. The fourth-order valence-electron chi connectivity index (χ4n) is 4.55. The van der Waals surface area contributed by atoms with E-state index in [-0.39, 0.29) is 0 Å². The van der Waals surface area contributed by atoms with E-state index in [1.165, 1.54) is 5.57 Å². The van der Waals surface area contributed by atoms with Crippen LogP contribution >= 0.6 is 0 Å². The number of hydrogen-bond acceptors (Lipinski definition) is 4. The molecule has 0 atom stereocenters. The Morgan fingerprint density at radius 1 is 0.906 bits per heavy atom. The molecule has 5 rings (SSSR count). The molecule has 4 aromatic rings. The first-order valence-electron chi connectivity index (χ1n) is 11.2. The van der Waals surface area contributed by atoms with E-state index in [0.29, 0.717) is 0 Å². The SMILES string of the molecule is C=C(C)CN1CCN(c2cc(-c3ccccc3)nc3c(-c4ccccc4)c(C)nn23)CC1. The zero-order chi connectivity index (χ0) is 22.1. The van der Waals surface area contributed by atoms with Crippen molar-refractivity contribution in [2.75, 3.05) is 37.6 Å². The molecule has 1 aliphatic heterocycles. The second-order valence-electron chi connectivity index (χ2n) is 8.65. The minimum absolute atomic E-state index is 0.911. The number of aromatic nitrogens is 3. The van der Waals surface area contributed by atoms with E-state index in [9.17, 15) is 0 Å². The van der Waals surface area contributed by atoms with Crippen LogP contribution < -0.4 is 4.90 Å². The molecule has 0 amide bonds. The molecule has 0 radical (unpaired) electrons. The Morgan fingerprint density at radius 2 is 1.53 bits per heavy atom. The molecule has 0 aliphatic carbocycles. The normalized spacial score (nSPS) is 14.8. The van der Waals surface area contributed by atoms with Crippen LogP contribution in [-0.4, -0.2) is 52.2 Å². The predicted molar refractivity (Wildman–Crippen MR) is 132 cm³/mol. The Labute approximate surface area is 189 Å². The van der Waals surface area contributed by atoms with Crippen LogP contribution in [0, 0.1) is 6.92 Å². The first kappa shape index (κ1) is 20.5. The molecular formula is C27H29N5. The Balaban J connectivity index is 1.63. The van der Waals surface area contributed by atoms with Crippen molar-refractivity contribution in [2.24, 2.45) is 0 Å². The molecule has 32 heavy (non-hydrogen) atoms. The summed E-state index contributed by atoms with van der Waals surface area (Å²) in [5.41, 5.74) is 7.47. The number of anilines is 1. The molecule has 0 unspecified atom stereocenters. The maximum atomic E-state index is 5.10. The highest BCUT2D eigenvalue weighted by molar-refractivity contribution is 5.82. The van der Waals surface area contributed by atoms with E-state index in [2.05, 4.69) is 84.8 Å². The summed E-state index contributed by atoms with van der Waals surface area (Å²) in [4.78, 5) is 10.0. The van der Waals surface area contributed by atoms with Gasteiger partial charge in [0.15, 0.2) is 5.65 Å². The third-order valence-electron chi connectivity index (χ3n) is 6.07. The van der Waals surface area contributed by atoms with E-state index < -0.39 is 0 Å². The molecule has 162 valence electrons. The average Bonchev–Trinajstić information content (AvgIpc) is 3.15. The van der Waals surface area contributed by atoms with Crippen LogP contribution in [0.2, 0.25) is 0 Å². The van der Waals surface area contributed by atoms with Crippen molar-refractivity contribution in [1.29, 1.82) is 0 Å². The maximum Gasteiger partial charge on any atom is 0.166 e. The molecule has 1 fully saturated rings. The van der Waals surface area contributed by atoms with Gasteiger partial charge < -0.3 is 4.90 Å². The summed E-state index contributed by atoms with van der Waals surface area (Å²) in [7, 11) is 0. The van der Waals surface area contributed by atoms with E-state index in [1.807, 2.05) is 16.6 Å². The van der Waals surface area contributed by atoms with Crippen molar-refractivity contribution in [3.8, 4) is 22.4 Å². The number of piperazine rings is 1. The van der Waals surface area contributed by atoms with Crippen LogP contribution in [0.4, 0.5) is 5.82 Å². The maximum absolute atomic E-state index is 5.10. The van der Waals surface area contributed by atoms with Gasteiger partial charge in [-0.25, -0.2) is 4.98 Å². The third kappa shape index (κ3) is 3.92. The number of fused-ring (bicyclic) bond motifs is 1. The number of aryl methyl sites for hydroxylation is 1. The van der Waals surface area contributed by atoms with Crippen LogP contribution in [0.1, 0.15) is 12.6 Å². The number of hydrogen-bond donors (Lipinski definition) is 0. The van der Waals surface area contributed by atoms with Gasteiger partial charge in [0.05, 0.1) is 11.4 Å². The highest BCUT2D eigenvalue weighted by Gasteiger charge is 2.23. The van der Waals surface area contributed by atoms with Crippen LogP contribution in [0.25, 0.3) is 28.0 Å². The highest BCUT2D eigenvalue weighted by atomic mass is 15.4. The molecule has 1 aliphatic rings. The predicted octanol–water partition coefficient (Wildman–Crippen LogP) is 5.07. The quantitative estimate of drug-likeness (QED) is 0.420.